The summed E-state index contributed by atoms with van der Waals surface area (Å²) < 4.78 is 4.61. The molecule has 0 aromatic heterocycles. The van der Waals surface area contributed by atoms with Crippen molar-refractivity contribution in [3.05, 3.63) is 0 Å². The van der Waals surface area contributed by atoms with Crippen LogP contribution in [0.25, 0.3) is 0 Å². The Balaban J connectivity index is 1.56. The van der Waals surface area contributed by atoms with Crippen molar-refractivity contribution in [1.29, 1.82) is 0 Å². The van der Waals surface area contributed by atoms with Gasteiger partial charge >= 0.3 is 12.0 Å². The van der Waals surface area contributed by atoms with Gasteiger partial charge in [0.15, 0.2) is 0 Å². The normalized spacial score (nSPS) is 22.3. The average molecular weight is 456 g/mol. The molecule has 2 fully saturated rings. The molecule has 178 valence electrons. The van der Waals surface area contributed by atoms with Crippen molar-refractivity contribution in [1.82, 2.24) is 15.5 Å². The highest BCUT2D eigenvalue weighted by molar-refractivity contribution is 8.00. The summed E-state index contributed by atoms with van der Waals surface area (Å²) in [4.78, 5) is 37.5. The zero-order chi connectivity index (χ0) is 22.5. The fourth-order valence-electron chi connectivity index (χ4n) is 4.44. The van der Waals surface area contributed by atoms with Gasteiger partial charge in [-0.3, -0.25) is 9.59 Å². The van der Waals surface area contributed by atoms with E-state index in [1.54, 1.807) is 0 Å². The molecule has 3 amide bonds. The lowest BCUT2D eigenvalue weighted by atomic mass is 10.0. The fraction of sp³-hybridized carbons (Fsp3) is 0.870. The number of esters is 1. The van der Waals surface area contributed by atoms with Crippen LogP contribution in [0.2, 0.25) is 0 Å². The number of methoxy groups -OCH3 is 1. The van der Waals surface area contributed by atoms with Crippen molar-refractivity contribution < 1.29 is 19.1 Å². The molecule has 0 aromatic carbocycles. The van der Waals surface area contributed by atoms with E-state index in [0.717, 1.165) is 57.2 Å². The summed E-state index contributed by atoms with van der Waals surface area (Å²) in [6, 6.07) is 0.719. The van der Waals surface area contributed by atoms with Crippen LogP contribution in [0.4, 0.5) is 4.79 Å². The summed E-state index contributed by atoms with van der Waals surface area (Å²) in [5.74, 6) is 0.941. The Hall–Kier alpha value is -1.44. The van der Waals surface area contributed by atoms with Crippen LogP contribution in [0, 0.1) is 0 Å². The second kappa shape index (κ2) is 14.6. The van der Waals surface area contributed by atoms with E-state index in [-0.39, 0.29) is 23.9 Å². The molecule has 0 spiro atoms. The SMILES string of the molecule is CCCCCCN1C(=O)NC2CSC(CCCCC(=O)NCCCCCC(=O)OC)C21. The number of amides is 3. The average Bonchev–Trinajstić information content (AvgIpc) is 3.29. The summed E-state index contributed by atoms with van der Waals surface area (Å²) in [5, 5.41) is 6.62. The number of unbranched alkanes of at least 4 members (excludes halogenated alkanes) is 6. The minimum absolute atomic E-state index is 0.111. The van der Waals surface area contributed by atoms with E-state index >= 15 is 0 Å². The molecule has 31 heavy (non-hydrogen) atoms. The molecular formula is C23H41N3O4S. The lowest BCUT2D eigenvalue weighted by molar-refractivity contribution is -0.140. The van der Waals surface area contributed by atoms with Crippen LogP contribution in [-0.2, 0) is 14.3 Å². The van der Waals surface area contributed by atoms with Crippen molar-refractivity contribution in [2.24, 2.45) is 0 Å². The van der Waals surface area contributed by atoms with E-state index in [4.69, 9.17) is 0 Å². The van der Waals surface area contributed by atoms with Crippen molar-refractivity contribution in [3.63, 3.8) is 0 Å². The number of urea groups is 1. The molecule has 2 rings (SSSR count). The van der Waals surface area contributed by atoms with Crippen molar-refractivity contribution >= 4 is 29.7 Å². The van der Waals surface area contributed by atoms with Gasteiger partial charge in [-0.1, -0.05) is 39.0 Å². The molecule has 0 bridgehead atoms. The highest BCUT2D eigenvalue weighted by Crippen LogP contribution is 2.37. The maximum Gasteiger partial charge on any atom is 0.318 e. The molecule has 8 heteroatoms. The van der Waals surface area contributed by atoms with Crippen LogP contribution in [0.5, 0.6) is 0 Å². The van der Waals surface area contributed by atoms with Crippen LogP contribution in [0.3, 0.4) is 0 Å². The molecule has 2 aliphatic heterocycles. The van der Waals surface area contributed by atoms with E-state index in [2.05, 4.69) is 27.2 Å². The number of hydrogen-bond donors (Lipinski definition) is 2. The maximum atomic E-state index is 12.4. The molecule has 3 unspecified atom stereocenters. The van der Waals surface area contributed by atoms with E-state index < -0.39 is 0 Å². The molecule has 7 nitrogen and oxygen atoms in total. The third-order valence-electron chi connectivity index (χ3n) is 6.22. The lowest BCUT2D eigenvalue weighted by Gasteiger charge is -2.27. The summed E-state index contributed by atoms with van der Waals surface area (Å²) in [7, 11) is 1.40. The van der Waals surface area contributed by atoms with Crippen LogP contribution < -0.4 is 10.6 Å². The van der Waals surface area contributed by atoms with Gasteiger partial charge in [0, 0.05) is 36.9 Å². The highest BCUT2D eigenvalue weighted by atomic mass is 32.2. The van der Waals surface area contributed by atoms with Gasteiger partial charge in [0.2, 0.25) is 5.91 Å². The van der Waals surface area contributed by atoms with Crippen LogP contribution in [-0.4, -0.2) is 66.1 Å². The Morgan fingerprint density at radius 1 is 1.10 bits per heavy atom. The van der Waals surface area contributed by atoms with Crippen molar-refractivity contribution in [3.8, 4) is 0 Å². The monoisotopic (exact) mass is 455 g/mol. The van der Waals surface area contributed by atoms with Crippen LogP contribution >= 0.6 is 11.8 Å². The second-order valence-electron chi connectivity index (χ2n) is 8.65. The first-order valence-electron chi connectivity index (χ1n) is 12.1. The topological polar surface area (TPSA) is 87.7 Å². The predicted octanol–water partition coefficient (Wildman–Crippen LogP) is 3.85. The second-order valence-corrected chi connectivity index (χ2v) is 9.93. The number of rotatable bonds is 16. The summed E-state index contributed by atoms with van der Waals surface area (Å²) >= 11 is 1.98. The minimum Gasteiger partial charge on any atom is -0.469 e. The molecule has 0 saturated carbocycles. The maximum absolute atomic E-state index is 12.4. The van der Waals surface area contributed by atoms with Crippen LogP contribution in [0.1, 0.15) is 84.0 Å². The summed E-state index contributed by atoms with van der Waals surface area (Å²) in [6.45, 7) is 3.74. The molecular weight excluding hydrogens is 414 g/mol. The van der Waals surface area contributed by atoms with Gasteiger partial charge in [-0.15, -0.1) is 0 Å². The summed E-state index contributed by atoms with van der Waals surface area (Å²) in [5.41, 5.74) is 0. The molecule has 2 heterocycles. The van der Waals surface area contributed by atoms with Crippen LogP contribution in [0.15, 0.2) is 0 Å². The highest BCUT2D eigenvalue weighted by Gasteiger charge is 2.47. The van der Waals surface area contributed by atoms with E-state index in [1.165, 1.54) is 26.4 Å². The summed E-state index contributed by atoms with van der Waals surface area (Å²) in [6.07, 6.45) is 11.3. The van der Waals surface area contributed by atoms with Gasteiger partial charge in [-0.05, 0) is 32.1 Å². The number of ether oxygens (including phenoxy) is 1. The predicted molar refractivity (Wildman–Crippen MR) is 125 cm³/mol. The molecule has 3 atom stereocenters. The van der Waals surface area contributed by atoms with Gasteiger partial charge in [-0.25, -0.2) is 4.79 Å². The van der Waals surface area contributed by atoms with Gasteiger partial charge in [-0.2, -0.15) is 11.8 Å². The molecule has 2 N–H and O–H groups in total. The number of thioether (sulfide) groups is 1. The molecule has 2 saturated heterocycles. The van der Waals surface area contributed by atoms with Crippen molar-refractivity contribution in [2.75, 3.05) is 26.0 Å². The fourth-order valence-corrected chi connectivity index (χ4v) is 6.04. The molecule has 2 aliphatic rings. The Morgan fingerprint density at radius 3 is 2.65 bits per heavy atom. The molecule has 0 aliphatic carbocycles. The number of carbonyl (C=O) groups is 3. The quantitative estimate of drug-likeness (QED) is 0.210. The number of nitrogens with one attached hydrogen (secondary N) is 2. The number of nitrogens with zero attached hydrogens (tertiary/aromatic N) is 1. The Kier molecular flexibility index (Phi) is 12.2. The smallest absolute Gasteiger partial charge is 0.318 e. The van der Waals surface area contributed by atoms with E-state index in [1.807, 2.05) is 11.8 Å². The third kappa shape index (κ3) is 8.91. The van der Waals surface area contributed by atoms with Gasteiger partial charge in [0.05, 0.1) is 19.2 Å². The largest absolute Gasteiger partial charge is 0.469 e. The first-order chi connectivity index (χ1) is 15.1. The Morgan fingerprint density at radius 2 is 1.87 bits per heavy atom. The van der Waals surface area contributed by atoms with Crippen molar-refractivity contribution in [2.45, 2.75) is 101 Å². The van der Waals surface area contributed by atoms with E-state index in [0.29, 0.717) is 30.7 Å². The standard InChI is InChI=1S/C23H41N3O4S/c1-3-4-5-11-16-26-22-18(25-23(26)29)17-31-19(22)12-8-9-13-20(27)24-15-10-6-7-14-21(28)30-2/h18-19,22H,3-17H2,1-2H3,(H,24,27)(H,25,29). The van der Waals surface area contributed by atoms with Gasteiger partial charge in [0.25, 0.3) is 0 Å². The number of fused-ring (bicyclic) bond motifs is 1. The zero-order valence-corrected chi connectivity index (χ0v) is 20.1. The molecule has 0 aromatic rings. The number of hydrogen-bond acceptors (Lipinski definition) is 5. The first kappa shape index (κ1) is 25.8. The van der Waals surface area contributed by atoms with E-state index in [9.17, 15) is 14.4 Å². The Bertz CT molecular complexity index is 575. The zero-order valence-electron chi connectivity index (χ0n) is 19.3. The Labute approximate surface area is 191 Å². The first-order valence-corrected chi connectivity index (χ1v) is 13.1. The lowest BCUT2D eigenvalue weighted by Crippen LogP contribution is -2.41. The van der Waals surface area contributed by atoms with Gasteiger partial charge < -0.3 is 20.3 Å². The number of carbonyl (C=O) groups excluding carboxylic acids is 3. The molecule has 0 radical (unpaired) electrons. The van der Waals surface area contributed by atoms with Gasteiger partial charge in [0.1, 0.15) is 0 Å². The minimum atomic E-state index is -0.173. The third-order valence-corrected chi connectivity index (χ3v) is 7.71.